The normalized spacial score (nSPS) is 10.4. The minimum Gasteiger partial charge on any atom is -0.370 e. The van der Waals surface area contributed by atoms with Crippen LogP contribution in [0.25, 0.3) is 10.6 Å². The van der Waals surface area contributed by atoms with Gasteiger partial charge in [-0.25, -0.2) is 9.97 Å². The SMILES string of the molecule is CCNc1cc(-c2ccc(C)s2)nc(C)n1. The Kier molecular flexibility index (Phi) is 3.19. The van der Waals surface area contributed by atoms with Gasteiger partial charge in [0.25, 0.3) is 0 Å². The Balaban J connectivity index is 2.40. The fraction of sp³-hybridized carbons (Fsp3) is 0.333. The molecule has 0 amide bonds. The highest BCUT2D eigenvalue weighted by atomic mass is 32.1. The third-order valence-electron chi connectivity index (χ3n) is 2.19. The third-order valence-corrected chi connectivity index (χ3v) is 3.21. The second-order valence-electron chi connectivity index (χ2n) is 3.63. The van der Waals surface area contributed by atoms with Crippen molar-refractivity contribution < 1.29 is 0 Å². The van der Waals surface area contributed by atoms with E-state index in [4.69, 9.17) is 0 Å². The van der Waals surface area contributed by atoms with E-state index in [2.05, 4.69) is 41.3 Å². The topological polar surface area (TPSA) is 37.8 Å². The molecule has 0 aromatic carbocycles. The largest absolute Gasteiger partial charge is 0.370 e. The van der Waals surface area contributed by atoms with Crippen molar-refractivity contribution >= 4 is 17.2 Å². The van der Waals surface area contributed by atoms with Crippen LogP contribution < -0.4 is 5.32 Å². The summed E-state index contributed by atoms with van der Waals surface area (Å²) in [6.45, 7) is 6.96. The van der Waals surface area contributed by atoms with Gasteiger partial charge in [0.15, 0.2) is 0 Å². The molecule has 2 aromatic rings. The summed E-state index contributed by atoms with van der Waals surface area (Å²) in [7, 11) is 0. The first kappa shape index (κ1) is 11.1. The molecule has 3 nitrogen and oxygen atoms in total. The Morgan fingerprint density at radius 1 is 1.25 bits per heavy atom. The number of aromatic nitrogens is 2. The molecule has 0 saturated heterocycles. The highest BCUT2D eigenvalue weighted by molar-refractivity contribution is 7.15. The van der Waals surface area contributed by atoms with Gasteiger partial charge in [-0.1, -0.05) is 0 Å². The van der Waals surface area contributed by atoms with Crippen LogP contribution in [-0.4, -0.2) is 16.5 Å². The maximum atomic E-state index is 4.46. The molecule has 2 rings (SSSR count). The molecular weight excluding hydrogens is 218 g/mol. The average Bonchev–Trinajstić information content (AvgIpc) is 2.64. The predicted octanol–water partition coefficient (Wildman–Crippen LogP) is 3.25. The summed E-state index contributed by atoms with van der Waals surface area (Å²) in [6.07, 6.45) is 0. The summed E-state index contributed by atoms with van der Waals surface area (Å²) in [5, 5.41) is 3.22. The van der Waals surface area contributed by atoms with Gasteiger partial charge in [-0.2, -0.15) is 0 Å². The minimum atomic E-state index is 0.805. The molecule has 0 saturated carbocycles. The summed E-state index contributed by atoms with van der Waals surface area (Å²) in [5.74, 6) is 1.70. The van der Waals surface area contributed by atoms with Crippen LogP contribution in [0.4, 0.5) is 5.82 Å². The fourth-order valence-corrected chi connectivity index (χ4v) is 2.37. The van der Waals surface area contributed by atoms with E-state index in [0.29, 0.717) is 0 Å². The Morgan fingerprint density at radius 3 is 2.69 bits per heavy atom. The number of rotatable bonds is 3. The molecule has 0 radical (unpaired) electrons. The van der Waals surface area contributed by atoms with E-state index in [-0.39, 0.29) is 0 Å². The zero-order valence-electron chi connectivity index (χ0n) is 9.74. The van der Waals surface area contributed by atoms with E-state index < -0.39 is 0 Å². The lowest BCUT2D eigenvalue weighted by atomic mass is 10.3. The van der Waals surface area contributed by atoms with Crippen molar-refractivity contribution in [3.8, 4) is 10.6 Å². The maximum Gasteiger partial charge on any atom is 0.130 e. The Hall–Kier alpha value is -1.42. The van der Waals surface area contributed by atoms with E-state index >= 15 is 0 Å². The Bertz CT molecular complexity index is 491. The molecule has 4 heteroatoms. The van der Waals surface area contributed by atoms with Crippen molar-refractivity contribution in [3.63, 3.8) is 0 Å². The van der Waals surface area contributed by atoms with Crippen LogP contribution in [0.15, 0.2) is 18.2 Å². The number of hydrogen-bond acceptors (Lipinski definition) is 4. The van der Waals surface area contributed by atoms with Gasteiger partial charge < -0.3 is 5.32 Å². The van der Waals surface area contributed by atoms with E-state index in [1.54, 1.807) is 11.3 Å². The highest BCUT2D eigenvalue weighted by Gasteiger charge is 2.05. The smallest absolute Gasteiger partial charge is 0.130 e. The van der Waals surface area contributed by atoms with Crippen LogP contribution in [0.3, 0.4) is 0 Å². The summed E-state index contributed by atoms with van der Waals surface area (Å²) < 4.78 is 0. The predicted molar refractivity (Wildman–Crippen MR) is 69.0 cm³/mol. The molecule has 2 heterocycles. The van der Waals surface area contributed by atoms with Crippen molar-refractivity contribution in [2.75, 3.05) is 11.9 Å². The van der Waals surface area contributed by atoms with Crippen LogP contribution in [0, 0.1) is 13.8 Å². The Morgan fingerprint density at radius 2 is 2.06 bits per heavy atom. The first-order chi connectivity index (χ1) is 7.69. The number of aryl methyl sites for hydroxylation is 2. The van der Waals surface area contributed by atoms with Crippen LogP contribution in [-0.2, 0) is 0 Å². The number of nitrogens with zero attached hydrogens (tertiary/aromatic N) is 2. The molecular formula is C12H15N3S. The molecule has 0 unspecified atom stereocenters. The van der Waals surface area contributed by atoms with Gasteiger partial charge in [0.1, 0.15) is 11.6 Å². The number of nitrogens with one attached hydrogen (secondary N) is 1. The van der Waals surface area contributed by atoms with Crippen molar-refractivity contribution in [1.29, 1.82) is 0 Å². The van der Waals surface area contributed by atoms with Crippen LogP contribution in [0.5, 0.6) is 0 Å². The summed E-state index contributed by atoms with van der Waals surface area (Å²) in [6, 6.07) is 6.23. The van der Waals surface area contributed by atoms with Crippen molar-refractivity contribution in [3.05, 3.63) is 28.9 Å². The van der Waals surface area contributed by atoms with E-state index in [1.165, 1.54) is 9.75 Å². The van der Waals surface area contributed by atoms with Crippen molar-refractivity contribution in [2.24, 2.45) is 0 Å². The average molecular weight is 233 g/mol. The summed E-state index contributed by atoms with van der Waals surface area (Å²) >= 11 is 1.76. The van der Waals surface area contributed by atoms with Gasteiger partial charge >= 0.3 is 0 Å². The molecule has 0 atom stereocenters. The molecule has 84 valence electrons. The molecule has 0 aliphatic carbocycles. The van der Waals surface area contributed by atoms with E-state index in [1.807, 2.05) is 13.0 Å². The quantitative estimate of drug-likeness (QED) is 0.884. The summed E-state index contributed by atoms with van der Waals surface area (Å²) in [4.78, 5) is 11.3. The van der Waals surface area contributed by atoms with Gasteiger partial charge in [0, 0.05) is 17.5 Å². The first-order valence-electron chi connectivity index (χ1n) is 5.35. The first-order valence-corrected chi connectivity index (χ1v) is 6.17. The van der Waals surface area contributed by atoms with Gasteiger partial charge in [-0.3, -0.25) is 0 Å². The molecule has 0 aliphatic heterocycles. The Labute approximate surface area is 99.6 Å². The second kappa shape index (κ2) is 4.61. The fourth-order valence-electron chi connectivity index (χ4n) is 1.54. The lowest BCUT2D eigenvalue weighted by Crippen LogP contribution is -2.02. The molecule has 1 N–H and O–H groups in total. The highest BCUT2D eigenvalue weighted by Crippen LogP contribution is 2.27. The molecule has 0 bridgehead atoms. The van der Waals surface area contributed by atoms with E-state index in [0.717, 1.165) is 23.9 Å². The van der Waals surface area contributed by atoms with Gasteiger partial charge in [-0.05, 0) is 32.9 Å². The standard InChI is InChI=1S/C12H15N3S/c1-4-13-12-7-10(14-9(3)15-12)11-6-5-8(2)16-11/h5-7H,4H2,1-3H3,(H,13,14,15). The molecule has 0 aliphatic rings. The second-order valence-corrected chi connectivity index (χ2v) is 4.91. The van der Waals surface area contributed by atoms with E-state index in [9.17, 15) is 0 Å². The maximum absolute atomic E-state index is 4.46. The molecule has 2 aromatic heterocycles. The van der Waals surface area contributed by atoms with Crippen molar-refractivity contribution in [2.45, 2.75) is 20.8 Å². The van der Waals surface area contributed by atoms with Gasteiger partial charge in [0.05, 0.1) is 10.6 Å². The van der Waals surface area contributed by atoms with Gasteiger partial charge in [-0.15, -0.1) is 11.3 Å². The van der Waals surface area contributed by atoms with Crippen LogP contribution in [0.1, 0.15) is 17.6 Å². The number of thiophene rings is 1. The monoisotopic (exact) mass is 233 g/mol. The molecule has 0 spiro atoms. The molecule has 0 fully saturated rings. The zero-order valence-corrected chi connectivity index (χ0v) is 10.6. The van der Waals surface area contributed by atoms with Crippen LogP contribution >= 0.6 is 11.3 Å². The third kappa shape index (κ3) is 2.39. The summed E-state index contributed by atoms with van der Waals surface area (Å²) in [5.41, 5.74) is 1.00. The minimum absolute atomic E-state index is 0.805. The van der Waals surface area contributed by atoms with Gasteiger partial charge in [0.2, 0.25) is 0 Å². The molecule has 16 heavy (non-hydrogen) atoms. The number of hydrogen-bond donors (Lipinski definition) is 1. The lowest BCUT2D eigenvalue weighted by molar-refractivity contribution is 1.04. The lowest BCUT2D eigenvalue weighted by Gasteiger charge is -2.05. The van der Waals surface area contributed by atoms with Crippen molar-refractivity contribution in [1.82, 2.24) is 9.97 Å². The zero-order chi connectivity index (χ0) is 11.5. The van der Waals surface area contributed by atoms with Crippen LogP contribution in [0.2, 0.25) is 0 Å². The number of anilines is 1.